The van der Waals surface area contributed by atoms with Crippen LogP contribution in [0.15, 0.2) is 18.2 Å². The predicted molar refractivity (Wildman–Crippen MR) is 76.5 cm³/mol. The molecular weight excluding hydrogens is 274 g/mol. The number of hydrogen-bond acceptors (Lipinski definition) is 4. The summed E-state index contributed by atoms with van der Waals surface area (Å²) >= 11 is 0. The first kappa shape index (κ1) is 15.5. The molecule has 1 aliphatic heterocycles. The number of hydrogen-bond donors (Lipinski definition) is 2. The molecule has 0 spiro atoms. The fourth-order valence-electron chi connectivity index (χ4n) is 2.50. The first-order valence-electron chi connectivity index (χ1n) is 6.78. The summed E-state index contributed by atoms with van der Waals surface area (Å²) in [5.74, 6) is -1.17. The molecule has 114 valence electrons. The van der Waals surface area contributed by atoms with E-state index in [-0.39, 0.29) is 17.4 Å². The molecule has 6 nitrogen and oxygen atoms in total. The molecule has 1 saturated heterocycles. The molecule has 1 aromatic carbocycles. The van der Waals surface area contributed by atoms with Gasteiger partial charge in [-0.15, -0.1) is 0 Å². The average Bonchev–Trinajstić information content (AvgIpc) is 2.93. The molecule has 2 N–H and O–H groups in total. The lowest BCUT2D eigenvalue weighted by molar-refractivity contribution is -0.128. The van der Waals surface area contributed by atoms with Crippen molar-refractivity contribution >= 4 is 17.6 Å². The zero-order chi connectivity index (χ0) is 15.4. The van der Waals surface area contributed by atoms with Crippen molar-refractivity contribution in [3.63, 3.8) is 0 Å². The fourth-order valence-corrected chi connectivity index (χ4v) is 2.50. The molecule has 0 aromatic heterocycles. The predicted octanol–water partition coefficient (Wildman–Crippen LogP) is 1.68. The highest BCUT2D eigenvalue weighted by atomic mass is 16.5. The van der Waals surface area contributed by atoms with Crippen LogP contribution in [-0.4, -0.2) is 43.4 Å². The molecule has 2 unspecified atom stereocenters. The van der Waals surface area contributed by atoms with E-state index in [1.54, 1.807) is 19.1 Å². The van der Waals surface area contributed by atoms with E-state index in [0.717, 1.165) is 6.42 Å². The summed E-state index contributed by atoms with van der Waals surface area (Å²) in [6, 6.07) is 4.69. The summed E-state index contributed by atoms with van der Waals surface area (Å²) in [6.07, 6.45) is 0.232. The molecule has 0 radical (unpaired) electrons. The van der Waals surface area contributed by atoms with E-state index in [4.69, 9.17) is 14.6 Å². The Kier molecular flexibility index (Phi) is 4.93. The summed E-state index contributed by atoms with van der Waals surface area (Å²) in [5.41, 5.74) is 1.38. The smallest absolute Gasteiger partial charge is 0.335 e. The van der Waals surface area contributed by atoms with Crippen LogP contribution < -0.4 is 5.32 Å². The Morgan fingerprint density at radius 2 is 2.24 bits per heavy atom. The Balaban J connectivity index is 2.07. The second-order valence-corrected chi connectivity index (χ2v) is 5.10. The van der Waals surface area contributed by atoms with Gasteiger partial charge in [0, 0.05) is 25.3 Å². The zero-order valence-corrected chi connectivity index (χ0v) is 12.1. The van der Waals surface area contributed by atoms with Gasteiger partial charge in [-0.05, 0) is 37.1 Å². The van der Waals surface area contributed by atoms with Gasteiger partial charge in [0.05, 0.1) is 12.2 Å². The molecule has 1 aliphatic rings. The van der Waals surface area contributed by atoms with Gasteiger partial charge in [0.15, 0.2) is 0 Å². The van der Waals surface area contributed by atoms with Gasteiger partial charge in [0.25, 0.3) is 5.91 Å². The monoisotopic (exact) mass is 293 g/mol. The van der Waals surface area contributed by atoms with Gasteiger partial charge in [-0.2, -0.15) is 0 Å². The normalized spacial score (nSPS) is 19.2. The highest BCUT2D eigenvalue weighted by molar-refractivity contribution is 5.95. The van der Waals surface area contributed by atoms with Crippen molar-refractivity contribution in [1.82, 2.24) is 0 Å². The van der Waals surface area contributed by atoms with E-state index in [1.165, 1.54) is 13.2 Å². The number of aryl methyl sites for hydroxylation is 1. The maximum Gasteiger partial charge on any atom is 0.335 e. The number of carboxylic acid groups (broad SMARTS) is 1. The van der Waals surface area contributed by atoms with Crippen LogP contribution >= 0.6 is 0 Å². The van der Waals surface area contributed by atoms with Gasteiger partial charge in [0.1, 0.15) is 6.10 Å². The Morgan fingerprint density at radius 3 is 2.76 bits per heavy atom. The van der Waals surface area contributed by atoms with Crippen LogP contribution in [0.25, 0.3) is 0 Å². The van der Waals surface area contributed by atoms with Gasteiger partial charge in [-0.3, -0.25) is 4.79 Å². The van der Waals surface area contributed by atoms with Crippen molar-refractivity contribution in [3.8, 4) is 0 Å². The van der Waals surface area contributed by atoms with E-state index in [9.17, 15) is 9.59 Å². The lowest BCUT2D eigenvalue weighted by Crippen LogP contribution is -2.36. The van der Waals surface area contributed by atoms with Crippen LogP contribution in [0.5, 0.6) is 0 Å². The van der Waals surface area contributed by atoms with Gasteiger partial charge in [-0.1, -0.05) is 0 Å². The summed E-state index contributed by atoms with van der Waals surface area (Å²) in [6.45, 7) is 2.85. The van der Waals surface area contributed by atoms with Crippen LogP contribution in [-0.2, 0) is 14.3 Å². The molecule has 1 heterocycles. The molecule has 0 saturated carbocycles. The summed E-state index contributed by atoms with van der Waals surface area (Å²) in [5, 5.41) is 11.8. The number of carbonyl (C=O) groups excluding carboxylic acids is 1. The van der Waals surface area contributed by atoms with E-state index in [2.05, 4.69) is 5.32 Å². The van der Waals surface area contributed by atoms with Crippen LogP contribution in [0.3, 0.4) is 0 Å². The number of benzene rings is 1. The van der Waals surface area contributed by atoms with Crippen LogP contribution in [0.1, 0.15) is 22.3 Å². The molecule has 1 amide bonds. The number of ether oxygens (including phenoxy) is 2. The lowest BCUT2D eigenvalue weighted by Gasteiger charge is -2.20. The maximum absolute atomic E-state index is 12.3. The van der Waals surface area contributed by atoms with E-state index < -0.39 is 12.1 Å². The second-order valence-electron chi connectivity index (χ2n) is 5.10. The van der Waals surface area contributed by atoms with Crippen molar-refractivity contribution in [1.29, 1.82) is 0 Å². The second kappa shape index (κ2) is 6.69. The minimum absolute atomic E-state index is 0.0504. The summed E-state index contributed by atoms with van der Waals surface area (Å²) < 4.78 is 10.6. The SMILES string of the molecule is COC(C(=O)Nc1ccc(C(=O)O)c(C)c1)C1CCOC1. The number of nitrogens with one attached hydrogen (secondary N) is 1. The average molecular weight is 293 g/mol. The minimum Gasteiger partial charge on any atom is -0.478 e. The number of anilines is 1. The molecule has 2 atom stereocenters. The molecule has 21 heavy (non-hydrogen) atoms. The number of aromatic carboxylic acids is 1. The zero-order valence-electron chi connectivity index (χ0n) is 12.1. The third-order valence-corrected chi connectivity index (χ3v) is 3.63. The molecule has 6 heteroatoms. The van der Waals surface area contributed by atoms with Gasteiger partial charge in [0.2, 0.25) is 0 Å². The number of carbonyl (C=O) groups is 2. The van der Waals surface area contributed by atoms with Crippen molar-refractivity contribution in [2.75, 3.05) is 25.6 Å². The first-order chi connectivity index (χ1) is 10.0. The number of carboxylic acids is 1. The summed E-state index contributed by atoms with van der Waals surface area (Å²) in [4.78, 5) is 23.2. The highest BCUT2D eigenvalue weighted by Crippen LogP contribution is 2.21. The maximum atomic E-state index is 12.3. The molecule has 1 fully saturated rings. The lowest BCUT2D eigenvalue weighted by atomic mass is 10.0. The third kappa shape index (κ3) is 3.59. The Hall–Kier alpha value is -1.92. The van der Waals surface area contributed by atoms with Crippen molar-refractivity contribution in [2.24, 2.45) is 5.92 Å². The molecular formula is C15H19NO5. The third-order valence-electron chi connectivity index (χ3n) is 3.63. The largest absolute Gasteiger partial charge is 0.478 e. The quantitative estimate of drug-likeness (QED) is 0.863. The molecule has 1 aromatic rings. The van der Waals surface area contributed by atoms with Gasteiger partial charge >= 0.3 is 5.97 Å². The molecule has 0 bridgehead atoms. The highest BCUT2D eigenvalue weighted by Gasteiger charge is 2.31. The Bertz CT molecular complexity index is 537. The van der Waals surface area contributed by atoms with Crippen LogP contribution in [0.2, 0.25) is 0 Å². The van der Waals surface area contributed by atoms with E-state index >= 15 is 0 Å². The Labute approximate surface area is 123 Å². The number of rotatable bonds is 5. The first-order valence-corrected chi connectivity index (χ1v) is 6.78. The van der Waals surface area contributed by atoms with Crippen molar-refractivity contribution in [3.05, 3.63) is 29.3 Å². The van der Waals surface area contributed by atoms with E-state index in [0.29, 0.717) is 24.5 Å². The minimum atomic E-state index is -0.983. The van der Waals surface area contributed by atoms with Crippen molar-refractivity contribution < 1.29 is 24.2 Å². The topological polar surface area (TPSA) is 84.9 Å². The van der Waals surface area contributed by atoms with Gasteiger partial charge < -0.3 is 19.9 Å². The standard InChI is InChI=1S/C15H19NO5/c1-9-7-11(3-4-12(9)15(18)19)16-14(17)13(20-2)10-5-6-21-8-10/h3-4,7,10,13H,5-6,8H2,1-2H3,(H,16,17)(H,18,19). The van der Waals surface area contributed by atoms with Crippen molar-refractivity contribution in [2.45, 2.75) is 19.4 Å². The number of methoxy groups -OCH3 is 1. The fraction of sp³-hybridized carbons (Fsp3) is 0.467. The van der Waals surface area contributed by atoms with Crippen LogP contribution in [0.4, 0.5) is 5.69 Å². The number of amides is 1. The van der Waals surface area contributed by atoms with Gasteiger partial charge in [-0.25, -0.2) is 4.79 Å². The van der Waals surface area contributed by atoms with Crippen LogP contribution in [0, 0.1) is 12.8 Å². The molecule has 2 rings (SSSR count). The van der Waals surface area contributed by atoms with E-state index in [1.807, 2.05) is 0 Å². The molecule has 0 aliphatic carbocycles. The Morgan fingerprint density at radius 1 is 1.48 bits per heavy atom. The summed E-state index contributed by atoms with van der Waals surface area (Å²) in [7, 11) is 1.50.